The number of hydroxylamine groups is 1. The number of carbonyl (C=O) groups excluding carboxylic acids is 2. The van der Waals surface area contributed by atoms with Crippen molar-refractivity contribution >= 4 is 46.7 Å². The van der Waals surface area contributed by atoms with Gasteiger partial charge in [0.1, 0.15) is 5.69 Å². The number of hydrogen-bond donors (Lipinski definition) is 3. The average molecular weight is 554 g/mol. The highest BCUT2D eigenvalue weighted by Gasteiger charge is 2.33. The van der Waals surface area contributed by atoms with E-state index in [1.165, 1.54) is 24.0 Å². The molecule has 1 heterocycles. The third kappa shape index (κ3) is 8.93. The molecule has 0 fully saturated rings. The zero-order valence-corrected chi connectivity index (χ0v) is 21.3. The molecular formula is C24H23ClF3N5O3S. The summed E-state index contributed by atoms with van der Waals surface area (Å²) < 4.78 is 39.0. The zero-order valence-electron chi connectivity index (χ0n) is 19.7. The Hall–Kier alpha value is -3.32. The van der Waals surface area contributed by atoms with Crippen LogP contribution in [-0.4, -0.2) is 49.1 Å². The molecule has 3 aromatic rings. The molecule has 1 aromatic heterocycles. The first-order valence-electron chi connectivity index (χ1n) is 10.8. The minimum Gasteiger partial charge on any atom is -0.308 e. The number of anilines is 2. The second kappa shape index (κ2) is 12.8. The van der Waals surface area contributed by atoms with Crippen LogP contribution in [0.1, 0.15) is 16.1 Å². The van der Waals surface area contributed by atoms with Crippen molar-refractivity contribution in [1.82, 2.24) is 15.4 Å². The first kappa shape index (κ1) is 28.3. The fourth-order valence-electron chi connectivity index (χ4n) is 2.85. The molecule has 0 spiro atoms. The molecule has 8 nitrogen and oxygen atoms in total. The van der Waals surface area contributed by atoms with E-state index in [0.717, 1.165) is 21.9 Å². The van der Waals surface area contributed by atoms with Crippen molar-refractivity contribution in [3.8, 4) is 0 Å². The number of pyridine rings is 1. The Bertz CT molecular complexity index is 1240. The van der Waals surface area contributed by atoms with Gasteiger partial charge in [-0.05, 0) is 68.7 Å². The summed E-state index contributed by atoms with van der Waals surface area (Å²) in [5.41, 5.74) is 1.88. The minimum atomic E-state index is -4.64. The Morgan fingerprint density at radius 1 is 1.00 bits per heavy atom. The van der Waals surface area contributed by atoms with Gasteiger partial charge in [-0.2, -0.15) is 13.2 Å². The van der Waals surface area contributed by atoms with Gasteiger partial charge in [0.25, 0.3) is 5.91 Å². The highest BCUT2D eigenvalue weighted by atomic mass is 35.5. The van der Waals surface area contributed by atoms with E-state index in [9.17, 15) is 22.8 Å². The van der Waals surface area contributed by atoms with E-state index in [1.54, 1.807) is 36.4 Å². The summed E-state index contributed by atoms with van der Waals surface area (Å²) in [7, 11) is 3.78. The Morgan fingerprint density at radius 3 is 2.35 bits per heavy atom. The number of likely N-dealkylation sites (N-methyl/N-ethyl adjacent to an activating group) is 1. The number of hydrogen-bond acceptors (Lipinski definition) is 6. The van der Waals surface area contributed by atoms with Gasteiger partial charge in [0.2, 0.25) is 0 Å². The van der Waals surface area contributed by atoms with Gasteiger partial charge in [-0.25, -0.2) is 10.3 Å². The summed E-state index contributed by atoms with van der Waals surface area (Å²) in [6, 6.07) is 12.5. The number of alkyl halides is 3. The highest BCUT2D eigenvalue weighted by molar-refractivity contribution is 7.99. The molecule has 37 heavy (non-hydrogen) atoms. The third-order valence-electron chi connectivity index (χ3n) is 4.65. The van der Waals surface area contributed by atoms with Gasteiger partial charge in [-0.15, -0.1) is 0 Å². The molecule has 0 saturated carbocycles. The highest BCUT2D eigenvalue weighted by Crippen LogP contribution is 2.36. The molecule has 0 saturated heterocycles. The monoisotopic (exact) mass is 553 g/mol. The summed E-state index contributed by atoms with van der Waals surface area (Å²) in [5.74, 6) is -0.463. The van der Waals surface area contributed by atoms with Gasteiger partial charge in [0, 0.05) is 33.9 Å². The molecule has 2 aromatic carbocycles. The first-order chi connectivity index (χ1) is 17.5. The van der Waals surface area contributed by atoms with Crippen LogP contribution >= 0.6 is 23.4 Å². The van der Waals surface area contributed by atoms with Crippen molar-refractivity contribution < 1.29 is 27.6 Å². The van der Waals surface area contributed by atoms with Crippen LogP contribution < -0.4 is 16.1 Å². The van der Waals surface area contributed by atoms with E-state index in [1.807, 2.05) is 19.0 Å². The van der Waals surface area contributed by atoms with E-state index in [0.29, 0.717) is 18.8 Å². The molecule has 196 valence electrons. The van der Waals surface area contributed by atoms with Crippen molar-refractivity contribution in [3.05, 3.63) is 77.1 Å². The number of carbonyl (C=O) groups is 2. The number of halogens is 4. The molecule has 0 aliphatic heterocycles. The largest absolute Gasteiger partial charge is 0.417 e. The smallest absolute Gasteiger partial charge is 0.308 e. The number of benzene rings is 2. The predicted molar refractivity (Wildman–Crippen MR) is 136 cm³/mol. The Kier molecular flexibility index (Phi) is 9.75. The molecule has 0 bridgehead atoms. The van der Waals surface area contributed by atoms with E-state index in [2.05, 4.69) is 21.1 Å². The maximum absolute atomic E-state index is 13.0. The lowest BCUT2D eigenvalue weighted by molar-refractivity contribution is -0.137. The standard InChI is InChI=1S/C24H23ClF3N5O3S/c1-33(2)11-12-36-32-22(34)21-14-18(9-10-29-21)37-17-6-3-15(4-7-17)30-23(35)31-16-5-8-20(25)19(13-16)24(26,27)28/h3-10,13-14H,11-12H2,1-2H3,(H,32,34)(H2,30,31,35). The maximum atomic E-state index is 13.0. The van der Waals surface area contributed by atoms with Crippen LogP contribution in [0.15, 0.2) is 70.6 Å². The van der Waals surface area contributed by atoms with Crippen LogP contribution in [0.2, 0.25) is 5.02 Å². The quantitative estimate of drug-likeness (QED) is 0.230. The van der Waals surface area contributed by atoms with Gasteiger partial charge >= 0.3 is 12.2 Å². The van der Waals surface area contributed by atoms with Crippen LogP contribution in [0.5, 0.6) is 0 Å². The van der Waals surface area contributed by atoms with E-state index < -0.39 is 28.7 Å². The van der Waals surface area contributed by atoms with Crippen molar-refractivity contribution in [2.75, 3.05) is 37.9 Å². The number of urea groups is 1. The van der Waals surface area contributed by atoms with Crippen LogP contribution in [0.25, 0.3) is 0 Å². The lowest BCUT2D eigenvalue weighted by Gasteiger charge is -2.12. The number of amides is 3. The number of nitrogens with one attached hydrogen (secondary N) is 3. The number of rotatable bonds is 9. The molecule has 0 unspecified atom stereocenters. The van der Waals surface area contributed by atoms with E-state index in [4.69, 9.17) is 16.4 Å². The second-order valence-electron chi connectivity index (χ2n) is 7.86. The summed E-state index contributed by atoms with van der Waals surface area (Å²) in [5, 5.41) is 4.45. The van der Waals surface area contributed by atoms with Crippen LogP contribution in [0.4, 0.5) is 29.3 Å². The first-order valence-corrected chi connectivity index (χ1v) is 12.0. The van der Waals surface area contributed by atoms with Gasteiger partial charge in [-0.3, -0.25) is 14.6 Å². The van der Waals surface area contributed by atoms with Crippen molar-refractivity contribution in [3.63, 3.8) is 0 Å². The van der Waals surface area contributed by atoms with Gasteiger partial charge < -0.3 is 15.5 Å². The van der Waals surface area contributed by atoms with Crippen molar-refractivity contribution in [1.29, 1.82) is 0 Å². The topological polar surface area (TPSA) is 95.6 Å². The average Bonchev–Trinajstić information content (AvgIpc) is 2.83. The molecule has 0 aliphatic carbocycles. The third-order valence-corrected chi connectivity index (χ3v) is 5.97. The molecular weight excluding hydrogens is 531 g/mol. The molecule has 3 rings (SSSR count). The fourth-order valence-corrected chi connectivity index (χ4v) is 3.92. The SMILES string of the molecule is CN(C)CCONC(=O)c1cc(Sc2ccc(NC(=O)Nc3ccc(Cl)c(C(F)(F)F)c3)cc2)ccn1. The van der Waals surface area contributed by atoms with Crippen molar-refractivity contribution in [2.24, 2.45) is 0 Å². The molecule has 0 atom stereocenters. The van der Waals surface area contributed by atoms with Gasteiger partial charge in [-0.1, -0.05) is 23.4 Å². The maximum Gasteiger partial charge on any atom is 0.417 e. The molecule has 0 radical (unpaired) electrons. The number of nitrogens with zero attached hydrogens (tertiary/aromatic N) is 2. The Morgan fingerprint density at radius 2 is 1.68 bits per heavy atom. The van der Waals surface area contributed by atoms with Crippen LogP contribution in [0, 0.1) is 0 Å². The summed E-state index contributed by atoms with van der Waals surface area (Å²) >= 11 is 6.97. The summed E-state index contributed by atoms with van der Waals surface area (Å²) in [4.78, 5) is 37.2. The van der Waals surface area contributed by atoms with Crippen LogP contribution in [-0.2, 0) is 11.0 Å². The van der Waals surface area contributed by atoms with Crippen LogP contribution in [0.3, 0.4) is 0 Å². The zero-order chi connectivity index (χ0) is 27.0. The predicted octanol–water partition coefficient (Wildman–Crippen LogP) is 5.77. The molecule has 3 N–H and O–H groups in total. The lowest BCUT2D eigenvalue weighted by Crippen LogP contribution is -2.28. The molecule has 0 aliphatic rings. The molecule has 13 heteroatoms. The second-order valence-corrected chi connectivity index (χ2v) is 9.41. The Labute approximate surface area is 220 Å². The summed E-state index contributed by atoms with van der Waals surface area (Å²) in [6.07, 6.45) is -3.13. The van der Waals surface area contributed by atoms with E-state index >= 15 is 0 Å². The van der Waals surface area contributed by atoms with Gasteiger partial charge in [0.15, 0.2) is 0 Å². The summed E-state index contributed by atoms with van der Waals surface area (Å²) in [6.45, 7) is 0.982. The molecule has 3 amide bonds. The Balaban J connectivity index is 1.55. The van der Waals surface area contributed by atoms with Gasteiger partial charge in [0.05, 0.1) is 17.2 Å². The normalized spacial score (nSPS) is 11.3. The number of aromatic nitrogens is 1. The fraction of sp³-hybridized carbons (Fsp3) is 0.208. The minimum absolute atomic E-state index is 0.0537. The van der Waals surface area contributed by atoms with Crippen molar-refractivity contribution in [2.45, 2.75) is 16.0 Å². The van der Waals surface area contributed by atoms with E-state index in [-0.39, 0.29) is 11.4 Å². The lowest BCUT2D eigenvalue weighted by atomic mass is 10.2.